The lowest BCUT2D eigenvalue weighted by Crippen LogP contribution is -2.33. The van der Waals surface area contributed by atoms with Crippen LogP contribution in [0, 0.1) is 25.1 Å². The van der Waals surface area contributed by atoms with Gasteiger partial charge in [0.25, 0.3) is 5.91 Å². The number of benzene rings is 1. The Bertz CT molecular complexity index is 1030. The first-order chi connectivity index (χ1) is 15.2. The van der Waals surface area contributed by atoms with Gasteiger partial charge in [-0.3, -0.25) is 4.79 Å². The number of aromatic nitrogens is 2. The number of carbonyl (C=O) groups excluding carboxylic acids is 1. The first-order valence-corrected chi connectivity index (χ1v) is 11.2. The Kier molecular flexibility index (Phi) is 6.44. The molecular formula is C23H27ClFN5O2. The first-order valence-electron chi connectivity index (χ1n) is 10.8. The summed E-state index contributed by atoms with van der Waals surface area (Å²) in [6, 6.07) is 4.13. The molecule has 2 fully saturated rings. The zero-order chi connectivity index (χ0) is 23.0. The molecule has 170 valence electrons. The number of nitrogens with two attached hydrogens (primary N) is 1. The molecule has 32 heavy (non-hydrogen) atoms. The Morgan fingerprint density at radius 1 is 1.22 bits per heavy atom. The summed E-state index contributed by atoms with van der Waals surface area (Å²) in [7, 11) is 0. The minimum Gasteiger partial charge on any atom is -0.489 e. The molecule has 2 aromatic rings. The second kappa shape index (κ2) is 9.11. The molecule has 2 heterocycles. The van der Waals surface area contributed by atoms with Gasteiger partial charge in [-0.1, -0.05) is 11.6 Å². The maximum absolute atomic E-state index is 14.0. The van der Waals surface area contributed by atoms with E-state index in [1.54, 1.807) is 18.7 Å². The number of rotatable bonds is 4. The van der Waals surface area contributed by atoms with Crippen LogP contribution in [-0.2, 0) is 0 Å². The van der Waals surface area contributed by atoms with Crippen LogP contribution in [0.4, 0.5) is 4.39 Å². The maximum Gasteiger partial charge on any atom is 0.257 e. The Morgan fingerprint density at radius 2 is 1.88 bits per heavy atom. The zero-order valence-electron chi connectivity index (χ0n) is 18.2. The number of nitrogens with one attached hydrogen (secondary N) is 1. The fraction of sp³-hybridized carbons (Fsp3) is 0.478. The average Bonchev–Trinajstić information content (AvgIpc) is 3.14. The molecule has 0 bridgehead atoms. The summed E-state index contributed by atoms with van der Waals surface area (Å²) in [5, 5.41) is 8.93. The van der Waals surface area contributed by atoms with Gasteiger partial charge in [0, 0.05) is 24.4 Å². The van der Waals surface area contributed by atoms with Gasteiger partial charge in [-0.2, -0.15) is 0 Å². The van der Waals surface area contributed by atoms with Crippen molar-refractivity contribution < 1.29 is 13.9 Å². The molecule has 1 aliphatic heterocycles. The van der Waals surface area contributed by atoms with Gasteiger partial charge in [-0.15, -0.1) is 0 Å². The topological polar surface area (TPSA) is 105 Å². The molecule has 9 heteroatoms. The van der Waals surface area contributed by atoms with Gasteiger partial charge >= 0.3 is 0 Å². The van der Waals surface area contributed by atoms with Crippen LogP contribution in [0.2, 0.25) is 5.02 Å². The smallest absolute Gasteiger partial charge is 0.257 e. The number of hydrogen-bond acceptors (Lipinski definition) is 6. The second-order valence-electron chi connectivity index (χ2n) is 8.63. The highest BCUT2D eigenvalue weighted by molar-refractivity contribution is 6.31. The molecule has 1 aliphatic carbocycles. The van der Waals surface area contributed by atoms with Gasteiger partial charge in [-0.25, -0.2) is 14.4 Å². The maximum atomic E-state index is 14.0. The molecule has 0 spiro atoms. The Morgan fingerprint density at radius 3 is 2.53 bits per heavy atom. The molecule has 1 unspecified atom stereocenters. The van der Waals surface area contributed by atoms with Crippen LogP contribution in [0.5, 0.6) is 5.75 Å². The van der Waals surface area contributed by atoms with E-state index in [1.807, 2.05) is 0 Å². The average molecular weight is 460 g/mol. The van der Waals surface area contributed by atoms with E-state index in [4.69, 9.17) is 27.5 Å². The fourth-order valence-electron chi connectivity index (χ4n) is 4.31. The Labute approximate surface area is 191 Å². The molecule has 1 aromatic carbocycles. The number of ether oxygens (including phenoxy) is 1. The molecule has 1 saturated carbocycles. The van der Waals surface area contributed by atoms with Gasteiger partial charge in [-0.05, 0) is 51.7 Å². The van der Waals surface area contributed by atoms with Crippen molar-refractivity contribution in [3.8, 4) is 5.75 Å². The molecule has 7 nitrogen and oxygen atoms in total. The number of carbonyl (C=O) groups is 1. The van der Waals surface area contributed by atoms with Crippen molar-refractivity contribution >= 4 is 23.2 Å². The first kappa shape index (κ1) is 22.6. The summed E-state index contributed by atoms with van der Waals surface area (Å²) in [6.07, 6.45) is 3.13. The summed E-state index contributed by atoms with van der Waals surface area (Å²) >= 11 is 6.18. The number of nitrogens with zero attached hydrogens (tertiary/aromatic N) is 3. The van der Waals surface area contributed by atoms with E-state index in [9.17, 15) is 9.18 Å². The van der Waals surface area contributed by atoms with Gasteiger partial charge < -0.3 is 20.8 Å². The molecule has 1 amide bonds. The molecule has 2 aliphatic rings. The van der Waals surface area contributed by atoms with Crippen LogP contribution < -0.4 is 10.5 Å². The lowest BCUT2D eigenvalue weighted by atomic mass is 9.93. The minimum absolute atomic E-state index is 0.0961. The van der Waals surface area contributed by atoms with E-state index in [1.165, 1.54) is 18.2 Å². The molecule has 1 aromatic heterocycles. The second-order valence-corrected chi connectivity index (χ2v) is 9.00. The van der Waals surface area contributed by atoms with Crippen molar-refractivity contribution in [3.05, 3.63) is 51.8 Å². The molecule has 0 radical (unpaired) electrons. The van der Waals surface area contributed by atoms with Gasteiger partial charge in [0.15, 0.2) is 0 Å². The van der Waals surface area contributed by atoms with Crippen LogP contribution in [0.25, 0.3) is 0 Å². The van der Waals surface area contributed by atoms with E-state index in [0.29, 0.717) is 33.5 Å². The Balaban J connectivity index is 1.54. The summed E-state index contributed by atoms with van der Waals surface area (Å²) in [4.78, 5) is 23.8. The number of hydrogen-bond donors (Lipinski definition) is 2. The molecule has 1 atom stereocenters. The number of likely N-dealkylation sites (tertiary alicyclic amines) is 1. The van der Waals surface area contributed by atoms with Crippen molar-refractivity contribution in [3.63, 3.8) is 0 Å². The third-order valence-electron chi connectivity index (χ3n) is 6.17. The highest BCUT2D eigenvalue weighted by Gasteiger charge is 2.36. The van der Waals surface area contributed by atoms with Crippen molar-refractivity contribution in [2.75, 3.05) is 13.1 Å². The molecule has 3 N–H and O–H groups in total. The van der Waals surface area contributed by atoms with Crippen LogP contribution in [-0.4, -0.2) is 51.7 Å². The normalized spacial score (nSPS) is 23.5. The molecule has 1 saturated heterocycles. The van der Waals surface area contributed by atoms with Crippen molar-refractivity contribution in [1.82, 2.24) is 14.9 Å². The molecular weight excluding hydrogens is 433 g/mol. The highest BCUT2D eigenvalue weighted by atomic mass is 35.5. The van der Waals surface area contributed by atoms with E-state index < -0.39 is 11.7 Å². The SMILES string of the molecule is Cc1nc(C2CN(C(=O)c3ccc(F)cc3OC3CCC(N)CC3)CC2=N)nc(C)c1Cl. The monoisotopic (exact) mass is 459 g/mol. The van der Waals surface area contributed by atoms with Crippen molar-refractivity contribution in [2.45, 2.75) is 57.6 Å². The van der Waals surface area contributed by atoms with Crippen molar-refractivity contribution in [2.24, 2.45) is 5.73 Å². The highest BCUT2D eigenvalue weighted by Crippen LogP contribution is 2.31. The van der Waals surface area contributed by atoms with Gasteiger partial charge in [0.05, 0.1) is 40.5 Å². The van der Waals surface area contributed by atoms with Crippen LogP contribution in [0.15, 0.2) is 18.2 Å². The minimum atomic E-state index is -0.461. The quantitative estimate of drug-likeness (QED) is 0.723. The van der Waals surface area contributed by atoms with E-state index in [2.05, 4.69) is 9.97 Å². The van der Waals surface area contributed by atoms with Crippen LogP contribution >= 0.6 is 11.6 Å². The fourth-order valence-corrected chi connectivity index (χ4v) is 4.40. The van der Waals surface area contributed by atoms with Crippen LogP contribution in [0.1, 0.15) is 59.2 Å². The van der Waals surface area contributed by atoms with Crippen molar-refractivity contribution in [1.29, 1.82) is 5.41 Å². The predicted octanol–water partition coefficient (Wildman–Crippen LogP) is 3.79. The van der Waals surface area contributed by atoms with Gasteiger partial charge in [0.1, 0.15) is 17.4 Å². The number of amides is 1. The third kappa shape index (κ3) is 4.61. The largest absolute Gasteiger partial charge is 0.489 e. The van der Waals surface area contributed by atoms with Gasteiger partial charge in [0.2, 0.25) is 0 Å². The lowest BCUT2D eigenvalue weighted by molar-refractivity contribution is 0.0782. The molecule has 4 rings (SSSR count). The number of aryl methyl sites for hydroxylation is 2. The third-order valence-corrected chi connectivity index (χ3v) is 6.72. The summed E-state index contributed by atoms with van der Waals surface area (Å²) in [5.74, 6) is -0.448. The Hall–Kier alpha value is -2.58. The predicted molar refractivity (Wildman–Crippen MR) is 120 cm³/mol. The lowest BCUT2D eigenvalue weighted by Gasteiger charge is -2.28. The standard InChI is InChI=1S/C23H27ClFN5O2/c1-12-21(24)13(2)29-22(28-12)18-10-30(11-19(18)27)23(31)17-8-3-14(25)9-20(17)32-16-6-4-15(26)5-7-16/h3,8-9,15-16,18,27H,4-7,10-11,26H2,1-2H3. The van der Waals surface area contributed by atoms with Crippen LogP contribution in [0.3, 0.4) is 0 Å². The summed E-state index contributed by atoms with van der Waals surface area (Å²) < 4.78 is 20.0. The van der Waals surface area contributed by atoms with E-state index in [0.717, 1.165) is 25.7 Å². The van der Waals surface area contributed by atoms with E-state index >= 15 is 0 Å². The summed E-state index contributed by atoms with van der Waals surface area (Å²) in [5.41, 5.74) is 7.90. The zero-order valence-corrected chi connectivity index (χ0v) is 19.0. The summed E-state index contributed by atoms with van der Waals surface area (Å²) in [6.45, 7) is 4.01. The van der Waals surface area contributed by atoms with E-state index in [-0.39, 0.29) is 36.9 Å². The number of halogens is 2.